The topological polar surface area (TPSA) is 114 Å². The van der Waals surface area contributed by atoms with E-state index in [0.717, 1.165) is 9.87 Å². The fourth-order valence-corrected chi connectivity index (χ4v) is 6.05. The van der Waals surface area contributed by atoms with Crippen molar-refractivity contribution in [1.29, 1.82) is 0 Å². The fraction of sp³-hybridized carbons (Fsp3) is 0.355. The number of halogens is 1. The number of hydrogen-bond acceptors (Lipinski definition) is 7. The summed E-state index contributed by atoms with van der Waals surface area (Å²) >= 11 is 6.30. The van der Waals surface area contributed by atoms with Crippen molar-refractivity contribution < 1.29 is 32.2 Å². The Labute approximate surface area is 258 Å². The third-order valence-electron chi connectivity index (χ3n) is 6.71. The maximum Gasteiger partial charge on any atom is 0.265 e. The van der Waals surface area contributed by atoms with E-state index in [1.807, 2.05) is 44.2 Å². The van der Waals surface area contributed by atoms with Gasteiger partial charge in [-0.2, -0.15) is 0 Å². The van der Waals surface area contributed by atoms with E-state index in [2.05, 4.69) is 5.32 Å². The lowest BCUT2D eigenvalue weighted by Gasteiger charge is -2.32. The predicted octanol–water partition coefficient (Wildman–Crippen LogP) is 4.55. The molecule has 0 radical (unpaired) electrons. The summed E-state index contributed by atoms with van der Waals surface area (Å²) in [7, 11) is -0.190. The maximum atomic E-state index is 14.2. The lowest BCUT2D eigenvalue weighted by atomic mass is 10.1. The van der Waals surface area contributed by atoms with Crippen molar-refractivity contribution in [2.75, 3.05) is 38.7 Å². The number of benzene rings is 3. The first-order valence-corrected chi connectivity index (χ1v) is 15.5. The summed E-state index contributed by atoms with van der Waals surface area (Å²) in [6.45, 7) is 4.80. The van der Waals surface area contributed by atoms with Gasteiger partial charge in [0.05, 0.1) is 31.9 Å². The standard InChI is InChI=1S/C31H38ClN3O7S/c1-21(2)33-31(37)22(3)34(17-16-23-10-8-7-9-11-23)30(36)20-35(26-18-24(32)12-14-27(26)40-4)43(38,39)25-13-15-28(41-5)29(19-25)42-6/h7-15,18-19,21-22H,16-17,20H2,1-6H3,(H,33,37)/t22-/m0/s1. The zero-order valence-electron chi connectivity index (χ0n) is 25.2. The van der Waals surface area contributed by atoms with Gasteiger partial charge in [-0.1, -0.05) is 41.9 Å². The summed E-state index contributed by atoms with van der Waals surface area (Å²) in [6.07, 6.45) is 0.453. The van der Waals surface area contributed by atoms with E-state index in [1.54, 1.807) is 13.0 Å². The predicted molar refractivity (Wildman–Crippen MR) is 167 cm³/mol. The minimum absolute atomic E-state index is 0.0560. The quantitative estimate of drug-likeness (QED) is 0.278. The van der Waals surface area contributed by atoms with Gasteiger partial charge in [0.15, 0.2) is 11.5 Å². The first kappa shape index (κ1) is 33.5. The van der Waals surface area contributed by atoms with Gasteiger partial charge < -0.3 is 24.4 Å². The molecule has 0 fully saturated rings. The second kappa shape index (κ2) is 15.0. The van der Waals surface area contributed by atoms with Gasteiger partial charge in [-0.15, -0.1) is 0 Å². The van der Waals surface area contributed by atoms with Gasteiger partial charge in [0, 0.05) is 23.7 Å². The van der Waals surface area contributed by atoms with Crippen LogP contribution in [-0.2, 0) is 26.0 Å². The molecule has 2 amide bonds. The number of nitrogens with one attached hydrogen (secondary N) is 1. The van der Waals surface area contributed by atoms with Crippen molar-refractivity contribution in [2.24, 2.45) is 0 Å². The zero-order valence-corrected chi connectivity index (χ0v) is 26.7. The first-order valence-electron chi connectivity index (χ1n) is 13.6. The van der Waals surface area contributed by atoms with E-state index in [-0.39, 0.29) is 45.6 Å². The van der Waals surface area contributed by atoms with Gasteiger partial charge in [0.2, 0.25) is 11.8 Å². The van der Waals surface area contributed by atoms with Gasteiger partial charge in [0.25, 0.3) is 10.0 Å². The number of rotatable bonds is 14. The number of amides is 2. The summed E-state index contributed by atoms with van der Waals surface area (Å²) in [5.74, 6) is -0.236. The van der Waals surface area contributed by atoms with Crippen molar-refractivity contribution in [2.45, 2.75) is 44.2 Å². The Morgan fingerprint density at radius 3 is 2.09 bits per heavy atom. The van der Waals surface area contributed by atoms with Crippen molar-refractivity contribution in [3.63, 3.8) is 0 Å². The molecule has 0 aliphatic carbocycles. The fourth-order valence-electron chi connectivity index (χ4n) is 4.45. The number of sulfonamides is 1. The van der Waals surface area contributed by atoms with E-state index in [9.17, 15) is 18.0 Å². The van der Waals surface area contributed by atoms with Crippen LogP contribution in [0.2, 0.25) is 5.02 Å². The van der Waals surface area contributed by atoms with Gasteiger partial charge >= 0.3 is 0 Å². The highest BCUT2D eigenvalue weighted by Gasteiger charge is 2.34. The average Bonchev–Trinajstić information content (AvgIpc) is 2.99. The Kier molecular flexibility index (Phi) is 11.7. The molecular weight excluding hydrogens is 594 g/mol. The molecule has 0 saturated carbocycles. The number of ether oxygens (including phenoxy) is 3. The van der Waals surface area contributed by atoms with E-state index < -0.39 is 28.5 Å². The molecule has 3 aromatic carbocycles. The average molecular weight is 632 g/mol. The van der Waals surface area contributed by atoms with Crippen molar-refractivity contribution in [3.05, 3.63) is 77.3 Å². The lowest BCUT2D eigenvalue weighted by molar-refractivity contribution is -0.139. The Morgan fingerprint density at radius 2 is 1.49 bits per heavy atom. The molecule has 0 unspecified atom stereocenters. The minimum atomic E-state index is -4.41. The molecule has 0 aliphatic heterocycles. The lowest BCUT2D eigenvalue weighted by Crippen LogP contribution is -2.53. The molecule has 0 heterocycles. The summed E-state index contributed by atoms with van der Waals surface area (Å²) < 4.78 is 45.5. The highest BCUT2D eigenvalue weighted by atomic mass is 35.5. The summed E-state index contributed by atoms with van der Waals surface area (Å²) in [6, 6.07) is 17.1. The molecule has 3 rings (SSSR count). The molecule has 1 atom stereocenters. The molecular formula is C31H38ClN3O7S. The summed E-state index contributed by atoms with van der Waals surface area (Å²) in [5, 5.41) is 3.08. The highest BCUT2D eigenvalue weighted by molar-refractivity contribution is 7.92. The number of carbonyl (C=O) groups excluding carboxylic acids is 2. The molecule has 10 nitrogen and oxygen atoms in total. The number of nitrogens with zero attached hydrogens (tertiary/aromatic N) is 2. The van der Waals surface area contributed by atoms with Crippen LogP contribution in [0, 0.1) is 0 Å². The molecule has 12 heteroatoms. The van der Waals surface area contributed by atoms with E-state index in [0.29, 0.717) is 12.2 Å². The second-order valence-corrected chi connectivity index (χ2v) is 12.3. The van der Waals surface area contributed by atoms with Crippen LogP contribution in [0.25, 0.3) is 0 Å². The Bertz CT molecular complexity index is 1520. The highest BCUT2D eigenvalue weighted by Crippen LogP contribution is 2.37. The van der Waals surface area contributed by atoms with Gasteiger partial charge in [-0.25, -0.2) is 8.42 Å². The molecule has 0 aliphatic rings. The van der Waals surface area contributed by atoms with Crippen LogP contribution in [0.3, 0.4) is 0 Å². The number of anilines is 1. The van der Waals surface area contributed by atoms with Crippen LogP contribution in [0.15, 0.2) is 71.6 Å². The van der Waals surface area contributed by atoms with E-state index >= 15 is 0 Å². The number of methoxy groups -OCH3 is 3. The SMILES string of the molecule is COc1ccc(S(=O)(=O)N(CC(=O)N(CCc2ccccc2)[C@@H](C)C(=O)NC(C)C)c2cc(Cl)ccc2OC)cc1OC. The number of carbonyl (C=O) groups is 2. The van der Waals surface area contributed by atoms with Crippen LogP contribution >= 0.6 is 11.6 Å². The monoisotopic (exact) mass is 631 g/mol. The first-order chi connectivity index (χ1) is 20.4. The van der Waals surface area contributed by atoms with Crippen molar-refractivity contribution >= 4 is 39.1 Å². The van der Waals surface area contributed by atoms with Crippen LogP contribution in [0.1, 0.15) is 26.3 Å². The molecule has 3 aromatic rings. The Hall–Kier alpha value is -3.96. The molecule has 0 saturated heterocycles. The summed E-state index contributed by atoms with van der Waals surface area (Å²) in [4.78, 5) is 28.4. The molecule has 0 bridgehead atoms. The van der Waals surface area contributed by atoms with Gasteiger partial charge in [0.1, 0.15) is 18.3 Å². The van der Waals surface area contributed by atoms with Crippen LogP contribution in [0.5, 0.6) is 17.2 Å². The molecule has 0 spiro atoms. The van der Waals surface area contributed by atoms with Crippen LogP contribution in [-0.4, -0.2) is 71.6 Å². The third-order valence-corrected chi connectivity index (χ3v) is 8.70. The zero-order chi connectivity index (χ0) is 31.7. The van der Waals surface area contributed by atoms with E-state index in [4.69, 9.17) is 25.8 Å². The van der Waals surface area contributed by atoms with Crippen molar-refractivity contribution in [3.8, 4) is 17.2 Å². The minimum Gasteiger partial charge on any atom is -0.495 e. The van der Waals surface area contributed by atoms with E-state index in [1.165, 1.54) is 56.6 Å². The Balaban J connectivity index is 2.10. The third kappa shape index (κ3) is 8.32. The maximum absolute atomic E-state index is 14.2. The molecule has 43 heavy (non-hydrogen) atoms. The summed E-state index contributed by atoms with van der Waals surface area (Å²) in [5.41, 5.74) is 1.02. The largest absolute Gasteiger partial charge is 0.495 e. The van der Waals surface area contributed by atoms with Gasteiger partial charge in [-0.3, -0.25) is 13.9 Å². The Morgan fingerprint density at radius 1 is 0.860 bits per heavy atom. The second-order valence-electron chi connectivity index (χ2n) is 10.0. The molecule has 0 aromatic heterocycles. The normalized spacial score (nSPS) is 11.9. The molecule has 1 N–H and O–H groups in total. The number of hydrogen-bond donors (Lipinski definition) is 1. The van der Waals surface area contributed by atoms with Crippen LogP contribution < -0.4 is 23.8 Å². The van der Waals surface area contributed by atoms with Crippen LogP contribution in [0.4, 0.5) is 5.69 Å². The van der Waals surface area contributed by atoms with Crippen molar-refractivity contribution in [1.82, 2.24) is 10.2 Å². The smallest absolute Gasteiger partial charge is 0.265 e. The van der Waals surface area contributed by atoms with Gasteiger partial charge in [-0.05, 0) is 63.1 Å². The molecule has 232 valence electrons.